The van der Waals surface area contributed by atoms with Gasteiger partial charge in [-0.2, -0.15) is 11.8 Å². The first-order valence-corrected chi connectivity index (χ1v) is 7.95. The third kappa shape index (κ3) is 5.10. The number of nitrogens with zero attached hydrogens (tertiary/aromatic N) is 2. The van der Waals surface area contributed by atoms with Crippen molar-refractivity contribution in [2.45, 2.75) is 10.4 Å². The molecule has 0 unspecified atom stereocenters. The summed E-state index contributed by atoms with van der Waals surface area (Å²) in [4.78, 5) is 22.4. The van der Waals surface area contributed by atoms with E-state index in [0.717, 1.165) is 0 Å². The number of aliphatic carboxylic acids is 1. The highest BCUT2D eigenvalue weighted by Crippen LogP contribution is 2.22. The number of carbonyl (C=O) groups excluding carboxylic acids is 1. The van der Waals surface area contributed by atoms with E-state index < -0.39 is 12.0 Å². The van der Waals surface area contributed by atoms with Crippen LogP contribution in [-0.4, -0.2) is 51.0 Å². The molecule has 0 aliphatic carbocycles. The Morgan fingerprint density at radius 1 is 1.56 bits per heavy atom. The second-order valence-electron chi connectivity index (χ2n) is 3.11. The highest BCUT2D eigenvalue weighted by atomic mass is 32.2. The Labute approximate surface area is 116 Å². The molecule has 0 saturated heterocycles. The number of anilines is 1. The van der Waals surface area contributed by atoms with Crippen molar-refractivity contribution in [3.8, 4) is 0 Å². The molecule has 0 aliphatic rings. The quantitative estimate of drug-likeness (QED) is 0.609. The standard InChI is InChI=1S/C8H12N4O3S3/c1-16-2-4(6(14)15)10-5(13)3-17-8-12-11-7(9)18-8/h4H,2-3H2,1H3,(H2,9,11)(H,10,13)(H,14,15)/t4-/m0/s1. The van der Waals surface area contributed by atoms with Crippen molar-refractivity contribution in [1.82, 2.24) is 15.5 Å². The Morgan fingerprint density at radius 3 is 2.78 bits per heavy atom. The van der Waals surface area contributed by atoms with E-state index in [1.54, 1.807) is 6.26 Å². The summed E-state index contributed by atoms with van der Waals surface area (Å²) >= 11 is 3.72. The first-order chi connectivity index (χ1) is 8.52. The van der Waals surface area contributed by atoms with Crippen LogP contribution in [0, 0.1) is 0 Å². The highest BCUT2D eigenvalue weighted by molar-refractivity contribution is 8.01. The van der Waals surface area contributed by atoms with Crippen molar-refractivity contribution in [2.75, 3.05) is 23.5 Å². The van der Waals surface area contributed by atoms with Gasteiger partial charge in [0.25, 0.3) is 0 Å². The number of carbonyl (C=O) groups is 2. The minimum Gasteiger partial charge on any atom is -0.480 e. The summed E-state index contributed by atoms with van der Waals surface area (Å²) in [5.41, 5.74) is 5.40. The van der Waals surface area contributed by atoms with Crippen molar-refractivity contribution in [1.29, 1.82) is 0 Å². The van der Waals surface area contributed by atoms with Gasteiger partial charge in [0.1, 0.15) is 6.04 Å². The Morgan fingerprint density at radius 2 is 2.28 bits per heavy atom. The number of nitrogens with two attached hydrogens (primary N) is 1. The van der Waals surface area contributed by atoms with Crippen molar-refractivity contribution in [3.63, 3.8) is 0 Å². The van der Waals surface area contributed by atoms with Crippen LogP contribution in [0.3, 0.4) is 0 Å². The van der Waals surface area contributed by atoms with E-state index >= 15 is 0 Å². The summed E-state index contributed by atoms with van der Waals surface area (Å²) in [6.45, 7) is 0. The largest absolute Gasteiger partial charge is 0.480 e. The Kier molecular flexibility index (Phi) is 6.22. The summed E-state index contributed by atoms with van der Waals surface area (Å²) in [5.74, 6) is -0.970. The average Bonchev–Trinajstić information content (AvgIpc) is 2.72. The lowest BCUT2D eigenvalue weighted by Gasteiger charge is -2.12. The van der Waals surface area contributed by atoms with Gasteiger partial charge in [-0.1, -0.05) is 23.1 Å². The zero-order valence-electron chi connectivity index (χ0n) is 9.45. The highest BCUT2D eigenvalue weighted by Gasteiger charge is 2.19. The number of thioether (sulfide) groups is 2. The van der Waals surface area contributed by atoms with E-state index in [-0.39, 0.29) is 11.7 Å². The third-order valence-electron chi connectivity index (χ3n) is 1.72. The minimum atomic E-state index is -1.04. The fraction of sp³-hybridized carbons (Fsp3) is 0.500. The lowest BCUT2D eigenvalue weighted by molar-refractivity contribution is -0.140. The molecule has 0 saturated carbocycles. The predicted molar refractivity (Wildman–Crippen MR) is 73.0 cm³/mol. The van der Waals surface area contributed by atoms with Gasteiger partial charge >= 0.3 is 5.97 Å². The topological polar surface area (TPSA) is 118 Å². The summed E-state index contributed by atoms with van der Waals surface area (Å²) in [7, 11) is 0. The lowest BCUT2D eigenvalue weighted by atomic mass is 10.3. The minimum absolute atomic E-state index is 0.0901. The number of hydrogen-bond acceptors (Lipinski definition) is 8. The molecule has 0 aromatic carbocycles. The molecular formula is C8H12N4O3S3. The first kappa shape index (κ1) is 15.1. The molecule has 7 nitrogen and oxygen atoms in total. The molecule has 0 spiro atoms. The maximum Gasteiger partial charge on any atom is 0.327 e. The molecule has 4 N–H and O–H groups in total. The van der Waals surface area contributed by atoms with Crippen LogP contribution in [0.25, 0.3) is 0 Å². The summed E-state index contributed by atoms with van der Waals surface area (Å²) in [6, 6.07) is -0.868. The fourth-order valence-corrected chi connectivity index (χ4v) is 2.99. The SMILES string of the molecule is CSC[C@H](NC(=O)CSc1nnc(N)s1)C(=O)O. The zero-order valence-corrected chi connectivity index (χ0v) is 11.9. The van der Waals surface area contributed by atoms with Gasteiger partial charge in [0, 0.05) is 5.75 Å². The molecule has 100 valence electrons. The number of nitrogen functional groups attached to an aromatic ring is 1. The summed E-state index contributed by atoms with van der Waals surface area (Å²) in [5, 5.41) is 19.0. The molecular weight excluding hydrogens is 296 g/mol. The molecule has 18 heavy (non-hydrogen) atoms. The molecule has 0 fully saturated rings. The van der Waals surface area contributed by atoms with E-state index in [9.17, 15) is 9.59 Å². The zero-order chi connectivity index (χ0) is 13.5. The van der Waals surface area contributed by atoms with Crippen molar-refractivity contribution >= 4 is 51.9 Å². The van der Waals surface area contributed by atoms with Crippen molar-refractivity contribution in [3.05, 3.63) is 0 Å². The molecule has 0 radical (unpaired) electrons. The van der Waals surface area contributed by atoms with Crippen LogP contribution < -0.4 is 11.1 Å². The Hall–Kier alpha value is -1.00. The maximum atomic E-state index is 11.5. The molecule has 10 heteroatoms. The number of amides is 1. The van der Waals surface area contributed by atoms with Gasteiger partial charge in [-0.05, 0) is 6.26 Å². The molecule has 1 atom stereocenters. The Balaban J connectivity index is 2.38. The van der Waals surface area contributed by atoms with Crippen LogP contribution in [0.1, 0.15) is 0 Å². The number of hydrogen-bond donors (Lipinski definition) is 3. The van der Waals surface area contributed by atoms with Crippen molar-refractivity contribution < 1.29 is 14.7 Å². The summed E-state index contributed by atoms with van der Waals surface area (Å²) < 4.78 is 0.583. The summed E-state index contributed by atoms with van der Waals surface area (Å²) in [6.07, 6.45) is 1.78. The second-order valence-corrected chi connectivity index (χ2v) is 6.25. The lowest BCUT2D eigenvalue weighted by Crippen LogP contribution is -2.43. The number of aromatic nitrogens is 2. The van der Waals surface area contributed by atoms with Gasteiger partial charge in [-0.25, -0.2) is 4.79 Å². The van der Waals surface area contributed by atoms with E-state index in [1.807, 2.05) is 0 Å². The first-order valence-electron chi connectivity index (χ1n) is 4.75. The number of carboxylic acids is 1. The number of rotatable bonds is 7. The molecule has 1 aromatic heterocycles. The predicted octanol–water partition coefficient (Wildman–Crippen LogP) is 0.145. The number of nitrogens with one attached hydrogen (secondary N) is 1. The maximum absolute atomic E-state index is 11.5. The molecule has 0 aliphatic heterocycles. The van der Waals surface area contributed by atoms with Crippen LogP contribution in [0.5, 0.6) is 0 Å². The van der Waals surface area contributed by atoms with Crippen molar-refractivity contribution in [2.24, 2.45) is 0 Å². The van der Waals surface area contributed by atoms with Gasteiger partial charge in [0.2, 0.25) is 11.0 Å². The van der Waals surface area contributed by atoms with E-state index in [0.29, 0.717) is 15.2 Å². The fourth-order valence-electron chi connectivity index (χ4n) is 0.983. The third-order valence-corrected chi connectivity index (χ3v) is 4.27. The van der Waals surface area contributed by atoms with Gasteiger partial charge in [0.15, 0.2) is 4.34 Å². The molecule has 0 bridgehead atoms. The molecule has 1 amide bonds. The monoisotopic (exact) mass is 308 g/mol. The van der Waals surface area contributed by atoms with Crippen LogP contribution in [0.15, 0.2) is 4.34 Å². The molecule has 1 aromatic rings. The van der Waals surface area contributed by atoms with Crippen LogP contribution in [0.2, 0.25) is 0 Å². The van der Waals surface area contributed by atoms with Gasteiger partial charge in [-0.15, -0.1) is 10.2 Å². The second kappa shape index (κ2) is 7.44. The average molecular weight is 308 g/mol. The van der Waals surface area contributed by atoms with E-state index in [2.05, 4.69) is 15.5 Å². The van der Waals surface area contributed by atoms with E-state index in [4.69, 9.17) is 10.8 Å². The van der Waals surface area contributed by atoms with Crippen LogP contribution in [0.4, 0.5) is 5.13 Å². The Bertz CT molecular complexity index is 425. The molecule has 1 rings (SSSR count). The molecule has 1 heterocycles. The smallest absolute Gasteiger partial charge is 0.327 e. The number of carboxylic acid groups (broad SMARTS) is 1. The van der Waals surface area contributed by atoms with E-state index in [1.165, 1.54) is 34.9 Å². The normalized spacial score (nSPS) is 12.1. The van der Waals surface area contributed by atoms with Gasteiger partial charge < -0.3 is 16.2 Å². The van der Waals surface area contributed by atoms with Gasteiger partial charge in [0.05, 0.1) is 5.75 Å². The van der Waals surface area contributed by atoms with Gasteiger partial charge in [-0.3, -0.25) is 4.79 Å². The van der Waals surface area contributed by atoms with Crippen LogP contribution in [-0.2, 0) is 9.59 Å². The van der Waals surface area contributed by atoms with Crippen LogP contribution >= 0.6 is 34.9 Å².